The third-order valence-electron chi connectivity index (χ3n) is 1.76. The molecule has 0 saturated heterocycles. The molecule has 0 fully saturated rings. The number of carbonyl (C=O) groups is 1. The standard InChI is InChI=1S/C13H14O2/c1-2-3-4-8-11-15-13(14)12-9-6-5-7-10-12/h2-10H,11H2,1H3/b3-2+,8-4+. The van der Waals surface area contributed by atoms with Gasteiger partial charge in [-0.15, -0.1) is 0 Å². The molecule has 1 rings (SSSR count). The third kappa shape index (κ3) is 4.27. The maximum Gasteiger partial charge on any atom is 0.338 e. The van der Waals surface area contributed by atoms with Crippen LogP contribution in [0.25, 0.3) is 0 Å². The summed E-state index contributed by atoms with van der Waals surface area (Å²) in [5.74, 6) is -0.291. The van der Waals surface area contributed by atoms with E-state index in [1.54, 1.807) is 18.2 Å². The smallest absolute Gasteiger partial charge is 0.338 e. The van der Waals surface area contributed by atoms with Crippen molar-refractivity contribution >= 4 is 5.97 Å². The van der Waals surface area contributed by atoms with Crippen molar-refractivity contribution in [2.75, 3.05) is 6.61 Å². The molecule has 2 heteroatoms. The van der Waals surface area contributed by atoms with Gasteiger partial charge in [0.25, 0.3) is 0 Å². The lowest BCUT2D eigenvalue weighted by atomic mass is 10.2. The predicted molar refractivity (Wildman–Crippen MR) is 60.7 cm³/mol. The van der Waals surface area contributed by atoms with E-state index in [2.05, 4.69) is 0 Å². The zero-order valence-electron chi connectivity index (χ0n) is 8.72. The van der Waals surface area contributed by atoms with E-state index in [1.807, 2.05) is 43.4 Å². The number of benzene rings is 1. The van der Waals surface area contributed by atoms with Crippen LogP contribution in [0.2, 0.25) is 0 Å². The molecule has 0 aliphatic carbocycles. The Bertz CT molecular complexity index is 350. The molecule has 0 saturated carbocycles. The maximum absolute atomic E-state index is 11.4. The molecule has 2 nitrogen and oxygen atoms in total. The summed E-state index contributed by atoms with van der Waals surface area (Å²) in [5, 5.41) is 0. The number of rotatable bonds is 4. The van der Waals surface area contributed by atoms with Crippen molar-refractivity contribution in [3.63, 3.8) is 0 Å². The first-order chi connectivity index (χ1) is 7.34. The number of esters is 1. The zero-order valence-corrected chi connectivity index (χ0v) is 8.72. The van der Waals surface area contributed by atoms with Crippen LogP contribution < -0.4 is 0 Å². The Hall–Kier alpha value is -1.83. The summed E-state index contributed by atoms with van der Waals surface area (Å²) in [4.78, 5) is 11.4. The lowest BCUT2D eigenvalue weighted by molar-refractivity contribution is 0.0549. The van der Waals surface area contributed by atoms with E-state index in [0.717, 1.165) is 0 Å². The number of hydrogen-bond donors (Lipinski definition) is 0. The normalized spacial score (nSPS) is 11.0. The van der Waals surface area contributed by atoms with E-state index in [0.29, 0.717) is 12.2 Å². The van der Waals surface area contributed by atoms with Gasteiger partial charge in [-0.05, 0) is 25.1 Å². The summed E-state index contributed by atoms with van der Waals surface area (Å²) < 4.78 is 5.02. The Morgan fingerprint density at radius 1 is 1.27 bits per heavy atom. The van der Waals surface area contributed by atoms with E-state index in [9.17, 15) is 4.79 Å². The van der Waals surface area contributed by atoms with Crippen LogP contribution in [0.4, 0.5) is 0 Å². The molecule has 0 spiro atoms. The van der Waals surface area contributed by atoms with Crippen molar-refractivity contribution in [1.29, 1.82) is 0 Å². The Kier molecular flexibility index (Phi) is 4.95. The minimum Gasteiger partial charge on any atom is -0.458 e. The van der Waals surface area contributed by atoms with Crippen LogP contribution in [0.15, 0.2) is 54.6 Å². The SMILES string of the molecule is C/C=C/C=C/COC(=O)c1ccccc1. The molecule has 0 radical (unpaired) electrons. The fraction of sp³-hybridized carbons (Fsp3) is 0.154. The molecule has 78 valence electrons. The molecule has 1 aromatic carbocycles. The summed E-state index contributed by atoms with van der Waals surface area (Å²) >= 11 is 0. The van der Waals surface area contributed by atoms with E-state index in [-0.39, 0.29) is 5.97 Å². The lowest BCUT2D eigenvalue weighted by Gasteiger charge is -2.00. The van der Waals surface area contributed by atoms with Crippen LogP contribution in [0.3, 0.4) is 0 Å². The summed E-state index contributed by atoms with van der Waals surface area (Å²) in [7, 11) is 0. The van der Waals surface area contributed by atoms with Crippen LogP contribution in [-0.2, 0) is 4.74 Å². The first-order valence-electron chi connectivity index (χ1n) is 4.84. The molecule has 0 amide bonds. The molecular formula is C13H14O2. The van der Waals surface area contributed by atoms with Gasteiger partial charge in [0.1, 0.15) is 6.61 Å². The highest BCUT2D eigenvalue weighted by atomic mass is 16.5. The van der Waals surface area contributed by atoms with Gasteiger partial charge in [-0.25, -0.2) is 4.79 Å². The second-order valence-electron chi connectivity index (χ2n) is 2.92. The Labute approximate surface area is 89.9 Å². The van der Waals surface area contributed by atoms with Gasteiger partial charge in [0.15, 0.2) is 0 Å². The van der Waals surface area contributed by atoms with Crippen LogP contribution in [-0.4, -0.2) is 12.6 Å². The first-order valence-corrected chi connectivity index (χ1v) is 4.84. The summed E-state index contributed by atoms with van der Waals surface area (Å²) in [6.07, 6.45) is 7.44. The molecule has 0 bridgehead atoms. The van der Waals surface area contributed by atoms with Crippen LogP contribution >= 0.6 is 0 Å². The number of hydrogen-bond acceptors (Lipinski definition) is 2. The average Bonchev–Trinajstić information content (AvgIpc) is 2.30. The van der Waals surface area contributed by atoms with Crippen molar-refractivity contribution in [3.8, 4) is 0 Å². The Morgan fingerprint density at radius 3 is 2.67 bits per heavy atom. The molecule has 0 heterocycles. The van der Waals surface area contributed by atoms with E-state index >= 15 is 0 Å². The zero-order chi connectivity index (χ0) is 10.9. The number of ether oxygens (including phenoxy) is 1. The van der Waals surface area contributed by atoms with Crippen molar-refractivity contribution in [2.45, 2.75) is 6.92 Å². The van der Waals surface area contributed by atoms with Crippen molar-refractivity contribution < 1.29 is 9.53 Å². The molecule has 0 aromatic heterocycles. The van der Waals surface area contributed by atoms with Gasteiger partial charge >= 0.3 is 5.97 Å². The van der Waals surface area contributed by atoms with E-state index < -0.39 is 0 Å². The van der Waals surface area contributed by atoms with Gasteiger partial charge in [-0.3, -0.25) is 0 Å². The van der Waals surface area contributed by atoms with E-state index in [4.69, 9.17) is 4.74 Å². The van der Waals surface area contributed by atoms with E-state index in [1.165, 1.54) is 0 Å². The van der Waals surface area contributed by atoms with Gasteiger partial charge in [-0.1, -0.05) is 36.4 Å². The highest BCUT2D eigenvalue weighted by Crippen LogP contribution is 2.00. The Morgan fingerprint density at radius 2 is 2.00 bits per heavy atom. The summed E-state index contributed by atoms with van der Waals surface area (Å²) in [6.45, 7) is 2.23. The molecular weight excluding hydrogens is 188 g/mol. The first kappa shape index (κ1) is 11.2. The van der Waals surface area contributed by atoms with Crippen molar-refractivity contribution in [2.24, 2.45) is 0 Å². The van der Waals surface area contributed by atoms with Crippen molar-refractivity contribution in [1.82, 2.24) is 0 Å². The molecule has 0 atom stereocenters. The largest absolute Gasteiger partial charge is 0.458 e. The third-order valence-corrected chi connectivity index (χ3v) is 1.76. The number of allylic oxidation sites excluding steroid dienone is 3. The number of carbonyl (C=O) groups excluding carboxylic acids is 1. The van der Waals surface area contributed by atoms with Gasteiger partial charge in [0.05, 0.1) is 5.56 Å². The van der Waals surface area contributed by atoms with Crippen molar-refractivity contribution in [3.05, 3.63) is 60.2 Å². The highest BCUT2D eigenvalue weighted by molar-refractivity contribution is 5.89. The second-order valence-corrected chi connectivity index (χ2v) is 2.92. The maximum atomic E-state index is 11.4. The van der Waals surface area contributed by atoms with Crippen LogP contribution in [0.5, 0.6) is 0 Å². The molecule has 1 aromatic rings. The Balaban J connectivity index is 2.37. The molecule has 0 aliphatic heterocycles. The fourth-order valence-corrected chi connectivity index (χ4v) is 1.03. The second kappa shape index (κ2) is 6.60. The average molecular weight is 202 g/mol. The fourth-order valence-electron chi connectivity index (χ4n) is 1.03. The molecule has 0 aliphatic rings. The summed E-state index contributed by atoms with van der Waals surface area (Å²) in [6, 6.07) is 8.96. The molecule has 0 N–H and O–H groups in total. The van der Waals surface area contributed by atoms with Gasteiger partial charge in [-0.2, -0.15) is 0 Å². The highest BCUT2D eigenvalue weighted by Gasteiger charge is 2.03. The minimum atomic E-state index is -0.291. The minimum absolute atomic E-state index is 0.291. The quantitative estimate of drug-likeness (QED) is 0.554. The van der Waals surface area contributed by atoms with Crippen LogP contribution in [0, 0.1) is 0 Å². The topological polar surface area (TPSA) is 26.3 Å². The van der Waals surface area contributed by atoms with Gasteiger partial charge < -0.3 is 4.74 Å². The molecule has 15 heavy (non-hydrogen) atoms. The molecule has 0 unspecified atom stereocenters. The van der Waals surface area contributed by atoms with Gasteiger partial charge in [0.2, 0.25) is 0 Å². The monoisotopic (exact) mass is 202 g/mol. The van der Waals surface area contributed by atoms with Gasteiger partial charge in [0, 0.05) is 0 Å². The predicted octanol–water partition coefficient (Wildman–Crippen LogP) is 2.98. The van der Waals surface area contributed by atoms with Crippen LogP contribution in [0.1, 0.15) is 17.3 Å². The summed E-state index contributed by atoms with van der Waals surface area (Å²) in [5.41, 5.74) is 0.580. The lowest BCUT2D eigenvalue weighted by Crippen LogP contribution is -2.04.